The number of amides is 1. The van der Waals surface area contributed by atoms with Gasteiger partial charge < -0.3 is 19.3 Å². The topological polar surface area (TPSA) is 67.8 Å². The molecule has 31 heavy (non-hydrogen) atoms. The lowest BCUT2D eigenvalue weighted by molar-refractivity contribution is -0.133. The van der Waals surface area contributed by atoms with Gasteiger partial charge in [-0.15, -0.1) is 10.2 Å². The van der Waals surface area contributed by atoms with Gasteiger partial charge in [0.2, 0.25) is 0 Å². The van der Waals surface area contributed by atoms with E-state index in [9.17, 15) is 9.18 Å². The zero-order valence-corrected chi connectivity index (χ0v) is 17.2. The zero-order valence-electron chi connectivity index (χ0n) is 17.2. The van der Waals surface area contributed by atoms with Crippen LogP contribution in [-0.2, 0) is 4.79 Å². The Morgan fingerprint density at radius 1 is 0.968 bits per heavy atom. The third kappa shape index (κ3) is 4.91. The fourth-order valence-electron chi connectivity index (χ4n) is 3.45. The minimum Gasteiger partial charge on any atom is -0.496 e. The summed E-state index contributed by atoms with van der Waals surface area (Å²) in [6.07, 6.45) is 0. The Hall–Kier alpha value is -3.68. The second-order valence-electron chi connectivity index (χ2n) is 7.09. The van der Waals surface area contributed by atoms with Crippen LogP contribution < -0.4 is 14.4 Å². The molecule has 1 amide bonds. The van der Waals surface area contributed by atoms with Crippen molar-refractivity contribution in [2.75, 3.05) is 44.8 Å². The Morgan fingerprint density at radius 3 is 2.39 bits per heavy atom. The van der Waals surface area contributed by atoms with Crippen molar-refractivity contribution in [3.8, 4) is 22.8 Å². The highest BCUT2D eigenvalue weighted by molar-refractivity contribution is 5.78. The lowest BCUT2D eigenvalue weighted by Crippen LogP contribution is -2.50. The monoisotopic (exact) mass is 422 g/mol. The van der Waals surface area contributed by atoms with Crippen LogP contribution in [0.15, 0.2) is 60.7 Å². The van der Waals surface area contributed by atoms with Gasteiger partial charge in [-0.3, -0.25) is 4.79 Å². The highest BCUT2D eigenvalue weighted by atomic mass is 19.1. The van der Waals surface area contributed by atoms with Crippen LogP contribution in [-0.4, -0.2) is 60.9 Å². The average Bonchev–Trinajstić information content (AvgIpc) is 2.83. The number of ether oxygens (including phenoxy) is 2. The Bertz CT molecular complexity index is 1020. The van der Waals surface area contributed by atoms with Crippen LogP contribution in [0.1, 0.15) is 0 Å². The third-order valence-corrected chi connectivity index (χ3v) is 5.17. The number of aromatic nitrogens is 2. The second kappa shape index (κ2) is 9.42. The van der Waals surface area contributed by atoms with Crippen molar-refractivity contribution in [2.24, 2.45) is 0 Å². The van der Waals surface area contributed by atoms with E-state index < -0.39 is 0 Å². The third-order valence-electron chi connectivity index (χ3n) is 5.17. The quantitative estimate of drug-likeness (QED) is 0.608. The van der Waals surface area contributed by atoms with Crippen molar-refractivity contribution in [3.63, 3.8) is 0 Å². The molecule has 2 aromatic carbocycles. The van der Waals surface area contributed by atoms with Crippen LogP contribution in [0.3, 0.4) is 0 Å². The fraction of sp³-hybridized carbons (Fsp3) is 0.261. The maximum absolute atomic E-state index is 12.9. The van der Waals surface area contributed by atoms with E-state index in [0.29, 0.717) is 31.9 Å². The molecule has 2 heterocycles. The average molecular weight is 422 g/mol. The van der Waals surface area contributed by atoms with E-state index in [2.05, 4.69) is 15.1 Å². The summed E-state index contributed by atoms with van der Waals surface area (Å²) in [5.41, 5.74) is 1.63. The van der Waals surface area contributed by atoms with E-state index in [1.54, 1.807) is 12.0 Å². The normalized spacial score (nSPS) is 13.7. The first-order valence-electron chi connectivity index (χ1n) is 10.0. The predicted molar refractivity (Wildman–Crippen MR) is 115 cm³/mol. The standard InChI is InChI=1S/C23H23FN4O3/c1-30-21-5-3-2-4-19(21)20-10-11-22(26-25-20)27-12-14-28(15-13-27)23(29)16-31-18-8-6-17(24)7-9-18/h2-11H,12-16H2,1H3. The van der Waals surface area contributed by atoms with Crippen LogP contribution >= 0.6 is 0 Å². The van der Waals surface area contributed by atoms with E-state index in [1.807, 2.05) is 36.4 Å². The smallest absolute Gasteiger partial charge is 0.260 e. The van der Waals surface area contributed by atoms with E-state index in [-0.39, 0.29) is 18.3 Å². The Balaban J connectivity index is 1.31. The van der Waals surface area contributed by atoms with Gasteiger partial charge in [0.15, 0.2) is 12.4 Å². The number of nitrogens with zero attached hydrogens (tertiary/aromatic N) is 4. The number of carbonyl (C=O) groups excluding carboxylic acids is 1. The highest BCUT2D eigenvalue weighted by Gasteiger charge is 2.22. The molecule has 7 nitrogen and oxygen atoms in total. The van der Waals surface area contributed by atoms with Gasteiger partial charge in [-0.1, -0.05) is 12.1 Å². The molecule has 0 atom stereocenters. The predicted octanol–water partition coefficient (Wildman–Crippen LogP) is 3.02. The van der Waals surface area contributed by atoms with Crippen molar-refractivity contribution in [2.45, 2.75) is 0 Å². The summed E-state index contributed by atoms with van der Waals surface area (Å²) in [4.78, 5) is 16.3. The fourth-order valence-corrected chi connectivity index (χ4v) is 3.45. The van der Waals surface area contributed by atoms with Crippen LogP contribution in [0.4, 0.5) is 10.2 Å². The number of piperazine rings is 1. The number of hydrogen-bond acceptors (Lipinski definition) is 6. The van der Waals surface area contributed by atoms with Crippen LogP contribution in [0.5, 0.6) is 11.5 Å². The summed E-state index contributed by atoms with van der Waals surface area (Å²) >= 11 is 0. The Labute approximate surface area is 180 Å². The summed E-state index contributed by atoms with van der Waals surface area (Å²) in [5, 5.41) is 8.73. The molecule has 1 fully saturated rings. The number of benzene rings is 2. The first kappa shape index (κ1) is 20.6. The van der Waals surface area contributed by atoms with Crippen LogP contribution in [0.25, 0.3) is 11.3 Å². The molecule has 0 N–H and O–H groups in total. The molecule has 4 rings (SSSR count). The first-order chi connectivity index (χ1) is 15.1. The summed E-state index contributed by atoms with van der Waals surface area (Å²) in [7, 11) is 1.63. The lowest BCUT2D eigenvalue weighted by atomic mass is 10.1. The molecule has 1 saturated heterocycles. The molecule has 1 aliphatic rings. The number of methoxy groups -OCH3 is 1. The number of rotatable bonds is 6. The molecule has 8 heteroatoms. The van der Waals surface area contributed by atoms with Crippen molar-refractivity contribution in [1.29, 1.82) is 0 Å². The maximum atomic E-state index is 12.9. The van der Waals surface area contributed by atoms with E-state index >= 15 is 0 Å². The molecule has 0 spiro atoms. The molecule has 1 aliphatic heterocycles. The molecule has 0 saturated carbocycles. The Kier molecular flexibility index (Phi) is 6.26. The van der Waals surface area contributed by atoms with Gasteiger partial charge in [0.25, 0.3) is 5.91 Å². The molecule has 1 aromatic heterocycles. The molecule has 0 unspecified atom stereocenters. The number of halogens is 1. The molecular formula is C23H23FN4O3. The van der Waals surface area contributed by atoms with E-state index in [4.69, 9.17) is 9.47 Å². The number of anilines is 1. The lowest BCUT2D eigenvalue weighted by Gasteiger charge is -2.35. The van der Waals surface area contributed by atoms with Gasteiger partial charge in [-0.2, -0.15) is 0 Å². The summed E-state index contributed by atoms with van der Waals surface area (Å²) in [6.45, 7) is 2.39. The number of hydrogen-bond donors (Lipinski definition) is 0. The summed E-state index contributed by atoms with van der Waals surface area (Å²) in [5.74, 6) is 1.56. The van der Waals surface area contributed by atoms with Crippen LogP contribution in [0.2, 0.25) is 0 Å². The van der Waals surface area contributed by atoms with Gasteiger partial charge in [0.1, 0.15) is 17.3 Å². The molecular weight excluding hydrogens is 399 g/mol. The van der Waals surface area contributed by atoms with Gasteiger partial charge >= 0.3 is 0 Å². The maximum Gasteiger partial charge on any atom is 0.260 e. The van der Waals surface area contributed by atoms with Crippen molar-refractivity contribution < 1.29 is 18.7 Å². The van der Waals surface area contributed by atoms with Crippen LogP contribution in [0, 0.1) is 5.82 Å². The number of para-hydroxylation sites is 1. The molecule has 0 aliphatic carbocycles. The molecule has 0 radical (unpaired) electrons. The minimum atomic E-state index is -0.339. The van der Waals surface area contributed by atoms with Gasteiger partial charge in [-0.25, -0.2) is 4.39 Å². The van der Waals surface area contributed by atoms with Gasteiger partial charge in [0, 0.05) is 31.7 Å². The minimum absolute atomic E-state index is 0.0704. The SMILES string of the molecule is COc1ccccc1-c1ccc(N2CCN(C(=O)COc3ccc(F)cc3)CC2)nn1. The second-order valence-corrected chi connectivity index (χ2v) is 7.09. The highest BCUT2D eigenvalue weighted by Crippen LogP contribution is 2.28. The van der Waals surface area contributed by atoms with E-state index in [0.717, 1.165) is 22.8 Å². The van der Waals surface area contributed by atoms with Crippen molar-refractivity contribution >= 4 is 11.7 Å². The Morgan fingerprint density at radius 2 is 1.71 bits per heavy atom. The molecule has 160 valence electrons. The number of carbonyl (C=O) groups is 1. The summed E-state index contributed by atoms with van der Waals surface area (Å²) in [6, 6.07) is 17.2. The van der Waals surface area contributed by atoms with Crippen molar-refractivity contribution in [3.05, 3.63) is 66.5 Å². The van der Waals surface area contributed by atoms with Gasteiger partial charge in [0.05, 0.1) is 12.8 Å². The first-order valence-corrected chi connectivity index (χ1v) is 10.0. The molecule has 0 bridgehead atoms. The molecule has 3 aromatic rings. The zero-order chi connectivity index (χ0) is 21.6. The van der Waals surface area contributed by atoms with Crippen molar-refractivity contribution in [1.82, 2.24) is 15.1 Å². The van der Waals surface area contributed by atoms with E-state index in [1.165, 1.54) is 24.3 Å². The summed E-state index contributed by atoms with van der Waals surface area (Å²) < 4.78 is 23.8. The van der Waals surface area contributed by atoms with Gasteiger partial charge in [-0.05, 0) is 48.5 Å². The largest absolute Gasteiger partial charge is 0.496 e.